The molecule has 0 atom stereocenters. The van der Waals surface area contributed by atoms with E-state index in [4.69, 9.17) is 0 Å². The highest BCUT2D eigenvalue weighted by Gasteiger charge is 2.23. The van der Waals surface area contributed by atoms with Gasteiger partial charge in [0, 0.05) is 14.1 Å². The van der Waals surface area contributed by atoms with Gasteiger partial charge in [0.1, 0.15) is 0 Å². The summed E-state index contributed by atoms with van der Waals surface area (Å²) in [5.74, 6) is -0.116. The molecular formula is C18H23NO. The summed E-state index contributed by atoms with van der Waals surface area (Å²) >= 11 is 0. The van der Waals surface area contributed by atoms with Crippen molar-refractivity contribution >= 4 is 5.91 Å². The van der Waals surface area contributed by atoms with Gasteiger partial charge in [-0.1, -0.05) is 74.5 Å². The summed E-state index contributed by atoms with van der Waals surface area (Å²) in [6.45, 7) is 4.00. The van der Waals surface area contributed by atoms with Gasteiger partial charge in [-0.05, 0) is 11.1 Å². The van der Waals surface area contributed by atoms with E-state index in [1.165, 1.54) is 0 Å². The van der Waals surface area contributed by atoms with E-state index in [0.717, 1.165) is 11.1 Å². The molecule has 2 aromatic rings. The second kappa shape index (κ2) is 8.16. The number of amides is 1. The molecule has 2 heteroatoms. The van der Waals surface area contributed by atoms with Gasteiger partial charge in [0.15, 0.2) is 0 Å². The molecule has 0 saturated carbocycles. The first-order valence-corrected chi connectivity index (χ1v) is 7.01. The van der Waals surface area contributed by atoms with Crippen LogP contribution in [0, 0.1) is 0 Å². The number of rotatable bonds is 3. The van der Waals surface area contributed by atoms with Gasteiger partial charge < -0.3 is 4.90 Å². The number of benzene rings is 2. The number of likely N-dealkylation sites (N-methyl/N-ethyl adjacent to an activating group) is 1. The van der Waals surface area contributed by atoms with Crippen LogP contribution in [-0.4, -0.2) is 24.9 Å². The summed E-state index contributed by atoms with van der Waals surface area (Å²) in [5.41, 5.74) is 2.06. The summed E-state index contributed by atoms with van der Waals surface area (Å²) in [5, 5.41) is 0. The highest BCUT2D eigenvalue weighted by Crippen LogP contribution is 2.25. The molecule has 0 saturated heterocycles. The Balaban J connectivity index is 0.000000956. The van der Waals surface area contributed by atoms with E-state index in [1.807, 2.05) is 74.5 Å². The summed E-state index contributed by atoms with van der Waals surface area (Å²) in [6, 6.07) is 19.8. The standard InChI is InChI=1S/C16H17NO.C2H6/c1-17(2)16(18)15(13-9-5-3-6-10-13)14-11-7-4-8-12-14;1-2/h3-12,15H,1-2H3;1-2H3. The Bertz CT molecular complexity index is 466. The molecule has 0 aliphatic carbocycles. The Labute approximate surface area is 122 Å². The van der Waals surface area contributed by atoms with E-state index in [2.05, 4.69) is 0 Å². The Morgan fingerprint density at radius 1 is 0.800 bits per heavy atom. The van der Waals surface area contributed by atoms with E-state index in [-0.39, 0.29) is 11.8 Å². The topological polar surface area (TPSA) is 20.3 Å². The van der Waals surface area contributed by atoms with Crippen molar-refractivity contribution in [1.82, 2.24) is 4.90 Å². The second-order valence-electron chi connectivity index (χ2n) is 4.49. The molecule has 1 amide bonds. The Kier molecular flexibility index (Phi) is 6.51. The molecule has 0 aliphatic heterocycles. The average molecular weight is 269 g/mol. The molecule has 0 aliphatic rings. The van der Waals surface area contributed by atoms with Crippen molar-refractivity contribution in [3.8, 4) is 0 Å². The lowest BCUT2D eigenvalue weighted by Crippen LogP contribution is -2.28. The number of carbonyl (C=O) groups is 1. The fraction of sp³-hybridized carbons (Fsp3) is 0.278. The molecule has 0 aromatic heterocycles. The van der Waals surface area contributed by atoms with Crippen LogP contribution < -0.4 is 0 Å². The molecular weight excluding hydrogens is 246 g/mol. The maximum Gasteiger partial charge on any atom is 0.234 e. The van der Waals surface area contributed by atoms with E-state index in [9.17, 15) is 4.79 Å². The van der Waals surface area contributed by atoms with Gasteiger partial charge in [0.05, 0.1) is 5.92 Å². The molecule has 106 valence electrons. The quantitative estimate of drug-likeness (QED) is 0.826. The van der Waals surface area contributed by atoms with Crippen molar-refractivity contribution in [1.29, 1.82) is 0 Å². The zero-order valence-electron chi connectivity index (χ0n) is 12.7. The van der Waals surface area contributed by atoms with Gasteiger partial charge in [-0.25, -0.2) is 0 Å². The summed E-state index contributed by atoms with van der Waals surface area (Å²) in [6.07, 6.45) is 0. The van der Waals surface area contributed by atoms with Crippen LogP contribution in [0.25, 0.3) is 0 Å². The van der Waals surface area contributed by atoms with Crippen molar-refractivity contribution in [3.63, 3.8) is 0 Å². The average Bonchev–Trinajstić information content (AvgIpc) is 2.51. The fourth-order valence-corrected chi connectivity index (χ4v) is 2.03. The van der Waals surface area contributed by atoms with Crippen molar-refractivity contribution in [3.05, 3.63) is 71.8 Å². The zero-order chi connectivity index (χ0) is 15.0. The molecule has 0 spiro atoms. The normalized spacial score (nSPS) is 9.65. The molecule has 0 N–H and O–H groups in total. The predicted octanol–water partition coefficient (Wildman–Crippen LogP) is 3.93. The van der Waals surface area contributed by atoms with E-state index < -0.39 is 0 Å². The molecule has 0 heterocycles. The van der Waals surface area contributed by atoms with Crippen LogP contribution in [0.5, 0.6) is 0 Å². The van der Waals surface area contributed by atoms with E-state index in [0.29, 0.717) is 0 Å². The lowest BCUT2D eigenvalue weighted by molar-refractivity contribution is -0.129. The van der Waals surface area contributed by atoms with Crippen molar-refractivity contribution in [2.75, 3.05) is 14.1 Å². The van der Waals surface area contributed by atoms with Crippen LogP contribution >= 0.6 is 0 Å². The first kappa shape index (κ1) is 16.0. The van der Waals surface area contributed by atoms with Gasteiger partial charge in [-0.3, -0.25) is 4.79 Å². The Morgan fingerprint density at radius 2 is 1.15 bits per heavy atom. The largest absolute Gasteiger partial charge is 0.348 e. The fourth-order valence-electron chi connectivity index (χ4n) is 2.03. The van der Waals surface area contributed by atoms with Gasteiger partial charge in [0.25, 0.3) is 0 Å². The number of carbonyl (C=O) groups excluding carboxylic acids is 1. The molecule has 0 unspecified atom stereocenters. The van der Waals surface area contributed by atoms with Crippen LogP contribution in [0.3, 0.4) is 0 Å². The highest BCUT2D eigenvalue weighted by atomic mass is 16.2. The zero-order valence-corrected chi connectivity index (χ0v) is 12.7. The molecule has 2 aromatic carbocycles. The smallest absolute Gasteiger partial charge is 0.234 e. The van der Waals surface area contributed by atoms with E-state index >= 15 is 0 Å². The number of hydrogen-bond donors (Lipinski definition) is 0. The molecule has 0 radical (unpaired) electrons. The summed E-state index contributed by atoms with van der Waals surface area (Å²) in [4.78, 5) is 14.0. The molecule has 0 bridgehead atoms. The Hall–Kier alpha value is -2.09. The maximum atomic E-state index is 12.4. The second-order valence-corrected chi connectivity index (χ2v) is 4.49. The SMILES string of the molecule is CC.CN(C)C(=O)C(c1ccccc1)c1ccccc1. The molecule has 2 rings (SSSR count). The van der Waals surface area contributed by atoms with E-state index in [1.54, 1.807) is 19.0 Å². The third-order valence-electron chi connectivity index (χ3n) is 2.95. The van der Waals surface area contributed by atoms with Gasteiger partial charge >= 0.3 is 0 Å². The van der Waals surface area contributed by atoms with Gasteiger partial charge in [-0.15, -0.1) is 0 Å². The van der Waals surface area contributed by atoms with Crippen molar-refractivity contribution < 1.29 is 4.79 Å². The predicted molar refractivity (Wildman–Crippen MR) is 84.8 cm³/mol. The van der Waals surface area contributed by atoms with Crippen LogP contribution in [0.2, 0.25) is 0 Å². The lowest BCUT2D eigenvalue weighted by atomic mass is 9.90. The van der Waals surface area contributed by atoms with Gasteiger partial charge in [-0.2, -0.15) is 0 Å². The summed E-state index contributed by atoms with van der Waals surface area (Å²) in [7, 11) is 3.59. The molecule has 0 fully saturated rings. The minimum Gasteiger partial charge on any atom is -0.348 e. The lowest BCUT2D eigenvalue weighted by Gasteiger charge is -2.21. The first-order valence-electron chi connectivity index (χ1n) is 7.01. The molecule has 20 heavy (non-hydrogen) atoms. The van der Waals surface area contributed by atoms with Crippen molar-refractivity contribution in [2.45, 2.75) is 19.8 Å². The number of nitrogens with zero attached hydrogens (tertiary/aromatic N) is 1. The highest BCUT2D eigenvalue weighted by molar-refractivity contribution is 5.86. The van der Waals surface area contributed by atoms with Crippen molar-refractivity contribution in [2.24, 2.45) is 0 Å². The minimum absolute atomic E-state index is 0.104. The van der Waals surface area contributed by atoms with Gasteiger partial charge in [0.2, 0.25) is 5.91 Å². The Morgan fingerprint density at radius 3 is 1.45 bits per heavy atom. The third-order valence-corrected chi connectivity index (χ3v) is 2.95. The van der Waals surface area contributed by atoms with Crippen LogP contribution in [0.4, 0.5) is 0 Å². The maximum absolute atomic E-state index is 12.4. The molecule has 2 nitrogen and oxygen atoms in total. The van der Waals surface area contributed by atoms with Crippen LogP contribution in [0.15, 0.2) is 60.7 Å². The van der Waals surface area contributed by atoms with Crippen LogP contribution in [-0.2, 0) is 4.79 Å². The van der Waals surface area contributed by atoms with Crippen LogP contribution in [0.1, 0.15) is 30.9 Å². The minimum atomic E-state index is -0.220. The first-order chi connectivity index (χ1) is 9.70. The number of hydrogen-bond acceptors (Lipinski definition) is 1. The summed E-state index contributed by atoms with van der Waals surface area (Å²) < 4.78 is 0. The third kappa shape index (κ3) is 3.95. The monoisotopic (exact) mass is 269 g/mol.